The van der Waals surface area contributed by atoms with Crippen LogP contribution in [-0.4, -0.2) is 21.5 Å². The molecular weight excluding hydrogens is 328 g/mol. The van der Waals surface area contributed by atoms with Crippen molar-refractivity contribution >= 4 is 43.7 Å². The first-order valence-electron chi connectivity index (χ1n) is 4.77. The van der Waals surface area contributed by atoms with Crippen molar-refractivity contribution in [3.05, 3.63) is 0 Å². The van der Waals surface area contributed by atoms with Gasteiger partial charge in [0.15, 0.2) is 0 Å². The molecule has 2 amide bonds. The van der Waals surface area contributed by atoms with Crippen LogP contribution in [-0.2, 0) is 9.59 Å². The van der Waals surface area contributed by atoms with Crippen molar-refractivity contribution in [2.24, 2.45) is 28.7 Å². The predicted octanol–water partition coefficient (Wildman–Crippen LogP) is 0.510. The fraction of sp³-hybridized carbons (Fsp3) is 0.778. The van der Waals surface area contributed by atoms with E-state index >= 15 is 0 Å². The van der Waals surface area contributed by atoms with E-state index in [2.05, 4.69) is 31.9 Å². The second-order valence-electron chi connectivity index (χ2n) is 4.43. The van der Waals surface area contributed by atoms with E-state index in [0.717, 1.165) is 0 Å². The number of amides is 2. The summed E-state index contributed by atoms with van der Waals surface area (Å²) in [7, 11) is 0. The Hall–Kier alpha value is -0.100. The molecule has 0 saturated heterocycles. The number of primary amides is 2. The highest BCUT2D eigenvalue weighted by Gasteiger charge is 2.65. The van der Waals surface area contributed by atoms with Crippen LogP contribution in [0, 0.1) is 17.3 Å². The molecule has 2 aliphatic rings. The van der Waals surface area contributed by atoms with E-state index in [-0.39, 0.29) is 15.6 Å². The minimum atomic E-state index is -0.737. The molecule has 2 saturated carbocycles. The molecule has 5 atom stereocenters. The number of carbonyl (C=O) groups excluding carboxylic acids is 2. The Labute approximate surface area is 104 Å². The Balaban J connectivity index is 2.42. The van der Waals surface area contributed by atoms with Crippen LogP contribution in [0.2, 0.25) is 0 Å². The maximum Gasteiger partial charge on any atom is 0.224 e. The van der Waals surface area contributed by atoms with Crippen molar-refractivity contribution in [3.63, 3.8) is 0 Å². The van der Waals surface area contributed by atoms with Gasteiger partial charge in [-0.2, -0.15) is 0 Å². The molecule has 2 aliphatic carbocycles. The average Bonchev–Trinajstić information content (AvgIpc) is 2.56. The van der Waals surface area contributed by atoms with Gasteiger partial charge in [0.05, 0.1) is 11.3 Å². The largest absolute Gasteiger partial charge is 0.369 e. The first-order chi connectivity index (χ1) is 6.90. The van der Waals surface area contributed by atoms with Crippen molar-refractivity contribution in [2.75, 3.05) is 0 Å². The third-order valence-corrected chi connectivity index (χ3v) is 5.95. The summed E-state index contributed by atoms with van der Waals surface area (Å²) < 4.78 is 0. The summed E-state index contributed by atoms with van der Waals surface area (Å²) in [6, 6.07) is 0. The van der Waals surface area contributed by atoms with Crippen LogP contribution in [0.3, 0.4) is 0 Å². The minimum Gasteiger partial charge on any atom is -0.369 e. The maximum absolute atomic E-state index is 11.6. The molecule has 2 bridgehead atoms. The Kier molecular flexibility index (Phi) is 2.62. The highest BCUT2D eigenvalue weighted by molar-refractivity contribution is 9.10. The molecule has 2 rings (SSSR count). The van der Waals surface area contributed by atoms with Gasteiger partial charge >= 0.3 is 0 Å². The number of fused-ring (bicyclic) bond motifs is 2. The SMILES string of the molecule is NC(=O)C1C(Br)C2CC1(C(N)=O)CC2Br. The molecule has 2 fully saturated rings. The molecule has 0 aliphatic heterocycles. The van der Waals surface area contributed by atoms with Crippen LogP contribution in [0.4, 0.5) is 0 Å². The molecule has 84 valence electrons. The number of rotatable bonds is 2. The zero-order valence-corrected chi connectivity index (χ0v) is 11.1. The lowest BCUT2D eigenvalue weighted by Gasteiger charge is -2.34. The van der Waals surface area contributed by atoms with E-state index in [1.54, 1.807) is 0 Å². The standard InChI is InChI=1S/C9H12Br2N2O2/c10-4-2-9(8(13)15)1-3(4)6(11)5(9)7(12)14/h3-6H,1-2H2,(H2,12,14)(H2,13,15). The number of halogens is 2. The molecule has 4 nitrogen and oxygen atoms in total. The normalized spacial score (nSPS) is 48.1. The Bertz CT molecular complexity index is 336. The number of hydrogen-bond donors (Lipinski definition) is 2. The maximum atomic E-state index is 11.6. The first kappa shape index (κ1) is 11.4. The second kappa shape index (κ2) is 3.45. The van der Waals surface area contributed by atoms with Gasteiger partial charge in [-0.3, -0.25) is 9.59 Å². The summed E-state index contributed by atoms with van der Waals surface area (Å²) in [6.07, 6.45) is 1.27. The van der Waals surface area contributed by atoms with Crippen LogP contribution < -0.4 is 11.5 Å². The van der Waals surface area contributed by atoms with E-state index in [1.165, 1.54) is 0 Å². The van der Waals surface area contributed by atoms with Gasteiger partial charge in [-0.15, -0.1) is 0 Å². The predicted molar refractivity (Wildman–Crippen MR) is 62.5 cm³/mol. The molecule has 5 unspecified atom stereocenters. The van der Waals surface area contributed by atoms with E-state index < -0.39 is 23.1 Å². The van der Waals surface area contributed by atoms with Gasteiger partial charge in [0, 0.05) is 9.65 Å². The zero-order valence-electron chi connectivity index (χ0n) is 7.95. The molecule has 15 heavy (non-hydrogen) atoms. The van der Waals surface area contributed by atoms with Gasteiger partial charge in [-0.1, -0.05) is 31.9 Å². The van der Waals surface area contributed by atoms with Crippen LogP contribution in [0.5, 0.6) is 0 Å². The number of alkyl halides is 2. The smallest absolute Gasteiger partial charge is 0.224 e. The number of nitrogens with two attached hydrogens (primary N) is 2. The lowest BCUT2D eigenvalue weighted by molar-refractivity contribution is -0.137. The van der Waals surface area contributed by atoms with Gasteiger partial charge in [0.1, 0.15) is 0 Å². The zero-order chi connectivity index (χ0) is 11.4. The topological polar surface area (TPSA) is 86.2 Å². The van der Waals surface area contributed by atoms with Crippen LogP contribution in [0.1, 0.15) is 12.8 Å². The molecule has 0 radical (unpaired) electrons. The fourth-order valence-corrected chi connectivity index (χ4v) is 5.86. The van der Waals surface area contributed by atoms with Crippen LogP contribution in [0.15, 0.2) is 0 Å². The lowest BCUT2D eigenvalue weighted by Crippen LogP contribution is -2.49. The molecule has 0 spiro atoms. The molecular formula is C9H12Br2N2O2. The third kappa shape index (κ3) is 1.37. The molecule has 6 heteroatoms. The van der Waals surface area contributed by atoms with Gasteiger partial charge in [-0.25, -0.2) is 0 Å². The van der Waals surface area contributed by atoms with Gasteiger partial charge < -0.3 is 11.5 Å². The monoisotopic (exact) mass is 338 g/mol. The van der Waals surface area contributed by atoms with Gasteiger partial charge in [-0.05, 0) is 18.8 Å². The minimum absolute atomic E-state index is 0.0411. The van der Waals surface area contributed by atoms with E-state index in [9.17, 15) is 9.59 Å². The molecule has 0 heterocycles. The molecule has 0 aromatic heterocycles. The van der Waals surface area contributed by atoms with Crippen LogP contribution in [0.25, 0.3) is 0 Å². The quantitative estimate of drug-likeness (QED) is 0.718. The van der Waals surface area contributed by atoms with Crippen LogP contribution >= 0.6 is 31.9 Å². The second-order valence-corrected chi connectivity index (χ2v) is 6.67. The van der Waals surface area contributed by atoms with Crippen molar-refractivity contribution in [2.45, 2.75) is 22.5 Å². The van der Waals surface area contributed by atoms with Crippen molar-refractivity contribution in [1.29, 1.82) is 0 Å². The van der Waals surface area contributed by atoms with E-state index in [1.807, 2.05) is 0 Å². The van der Waals surface area contributed by atoms with Crippen molar-refractivity contribution in [1.82, 2.24) is 0 Å². The molecule has 4 N–H and O–H groups in total. The van der Waals surface area contributed by atoms with Crippen molar-refractivity contribution < 1.29 is 9.59 Å². The number of carbonyl (C=O) groups is 2. The summed E-state index contributed by atoms with van der Waals surface area (Å²) in [5, 5.41) is 0. The fourth-order valence-electron chi connectivity index (χ4n) is 3.03. The molecule has 0 aromatic carbocycles. The summed E-state index contributed by atoms with van der Waals surface area (Å²) in [4.78, 5) is 23.1. The van der Waals surface area contributed by atoms with E-state index in [0.29, 0.717) is 12.8 Å². The average molecular weight is 340 g/mol. The first-order valence-corrected chi connectivity index (χ1v) is 6.60. The summed E-state index contributed by atoms with van der Waals surface area (Å²) in [6.45, 7) is 0. The third-order valence-electron chi connectivity index (χ3n) is 3.74. The summed E-state index contributed by atoms with van der Waals surface area (Å²) >= 11 is 6.99. The Morgan fingerprint density at radius 3 is 2.27 bits per heavy atom. The highest BCUT2D eigenvalue weighted by Crippen LogP contribution is 2.61. The Morgan fingerprint density at radius 2 is 1.80 bits per heavy atom. The van der Waals surface area contributed by atoms with Crippen molar-refractivity contribution in [3.8, 4) is 0 Å². The molecule has 0 aromatic rings. The highest BCUT2D eigenvalue weighted by atomic mass is 79.9. The van der Waals surface area contributed by atoms with E-state index in [4.69, 9.17) is 11.5 Å². The summed E-state index contributed by atoms with van der Waals surface area (Å²) in [5.41, 5.74) is 10.0. The Morgan fingerprint density at radius 1 is 1.20 bits per heavy atom. The number of hydrogen-bond acceptors (Lipinski definition) is 2. The van der Waals surface area contributed by atoms with Gasteiger partial charge in [0.2, 0.25) is 11.8 Å². The lowest BCUT2D eigenvalue weighted by atomic mass is 9.74. The summed E-state index contributed by atoms with van der Waals surface area (Å²) in [5.74, 6) is -1.04. The van der Waals surface area contributed by atoms with Gasteiger partial charge in [0.25, 0.3) is 0 Å².